The van der Waals surface area contributed by atoms with Crippen molar-refractivity contribution in [2.24, 2.45) is 0 Å². The fourth-order valence-electron chi connectivity index (χ4n) is 3.28. The summed E-state index contributed by atoms with van der Waals surface area (Å²) in [5.74, 6) is 1.04. The molecule has 1 aliphatic rings. The maximum absolute atomic E-state index is 12.4. The van der Waals surface area contributed by atoms with Crippen LogP contribution in [0.5, 0.6) is 11.5 Å². The van der Waals surface area contributed by atoms with E-state index in [2.05, 4.69) is 10.3 Å². The fraction of sp³-hybridized carbons (Fsp3) is 0.208. The number of aryl methyl sites for hydroxylation is 1. The highest BCUT2D eigenvalue weighted by atomic mass is 16.5. The number of anilines is 2. The van der Waals surface area contributed by atoms with Crippen LogP contribution in [0.4, 0.5) is 11.4 Å². The van der Waals surface area contributed by atoms with Crippen molar-refractivity contribution in [3.05, 3.63) is 78.1 Å². The zero-order valence-electron chi connectivity index (χ0n) is 17.2. The number of hydrogen-bond donors (Lipinski definition) is 1. The van der Waals surface area contributed by atoms with E-state index in [9.17, 15) is 9.59 Å². The lowest BCUT2D eigenvalue weighted by molar-refractivity contribution is -0.121. The first-order valence-electron chi connectivity index (χ1n) is 10.1. The molecule has 2 heterocycles. The molecular formula is C24H23N3O4. The Hall–Kier alpha value is -3.87. The predicted molar refractivity (Wildman–Crippen MR) is 118 cm³/mol. The lowest BCUT2D eigenvalue weighted by Gasteiger charge is -2.29. The molecular weight excluding hydrogens is 394 g/mol. The Morgan fingerprint density at radius 1 is 1.13 bits per heavy atom. The van der Waals surface area contributed by atoms with Gasteiger partial charge in [-0.2, -0.15) is 0 Å². The second-order valence-electron chi connectivity index (χ2n) is 7.22. The molecule has 0 fully saturated rings. The molecule has 0 bridgehead atoms. The van der Waals surface area contributed by atoms with Crippen molar-refractivity contribution in [1.82, 2.24) is 4.98 Å². The van der Waals surface area contributed by atoms with Crippen LogP contribution < -0.4 is 19.7 Å². The lowest BCUT2D eigenvalue weighted by Crippen LogP contribution is -2.39. The summed E-state index contributed by atoms with van der Waals surface area (Å²) in [7, 11) is 0. The Kier molecular flexibility index (Phi) is 6.12. The molecule has 158 valence electrons. The highest BCUT2D eigenvalue weighted by Crippen LogP contribution is 2.34. The van der Waals surface area contributed by atoms with Gasteiger partial charge in [0, 0.05) is 36.3 Å². The van der Waals surface area contributed by atoms with Gasteiger partial charge in [-0.3, -0.25) is 14.6 Å². The first-order chi connectivity index (χ1) is 15.1. The summed E-state index contributed by atoms with van der Waals surface area (Å²) in [5.41, 5.74) is 2.98. The SMILES string of the molecule is Cc1ccc(OCCCN2C(=O)COc3cc(NC(=O)c4ccncc4)ccc32)cc1. The van der Waals surface area contributed by atoms with Crippen LogP contribution in [0, 0.1) is 6.92 Å². The van der Waals surface area contributed by atoms with E-state index < -0.39 is 0 Å². The number of carbonyl (C=O) groups is 2. The van der Waals surface area contributed by atoms with Crippen molar-refractivity contribution in [3.8, 4) is 11.5 Å². The van der Waals surface area contributed by atoms with E-state index in [1.807, 2.05) is 31.2 Å². The second-order valence-corrected chi connectivity index (χ2v) is 7.22. The average molecular weight is 417 g/mol. The summed E-state index contributed by atoms with van der Waals surface area (Å²) in [6, 6.07) is 16.4. The smallest absolute Gasteiger partial charge is 0.265 e. The molecule has 0 atom stereocenters. The molecule has 0 saturated heterocycles. The minimum Gasteiger partial charge on any atom is -0.494 e. The quantitative estimate of drug-likeness (QED) is 0.591. The molecule has 0 aliphatic carbocycles. The van der Waals surface area contributed by atoms with Crippen LogP contribution in [0.1, 0.15) is 22.3 Å². The van der Waals surface area contributed by atoms with Crippen molar-refractivity contribution in [2.45, 2.75) is 13.3 Å². The Morgan fingerprint density at radius 2 is 1.90 bits per heavy atom. The molecule has 2 amide bonds. The monoisotopic (exact) mass is 417 g/mol. The molecule has 31 heavy (non-hydrogen) atoms. The molecule has 0 spiro atoms. The number of amides is 2. The maximum atomic E-state index is 12.4. The normalized spacial score (nSPS) is 12.7. The molecule has 1 N–H and O–H groups in total. The van der Waals surface area contributed by atoms with Crippen LogP contribution in [0.15, 0.2) is 67.0 Å². The Bertz CT molecular complexity index is 1070. The summed E-state index contributed by atoms with van der Waals surface area (Å²) >= 11 is 0. The van der Waals surface area contributed by atoms with Crippen LogP contribution in [0.3, 0.4) is 0 Å². The third kappa shape index (κ3) is 5.01. The molecule has 0 unspecified atom stereocenters. The summed E-state index contributed by atoms with van der Waals surface area (Å²) < 4.78 is 11.4. The van der Waals surface area contributed by atoms with Gasteiger partial charge in [0.25, 0.3) is 11.8 Å². The largest absolute Gasteiger partial charge is 0.494 e. The third-order valence-electron chi connectivity index (χ3n) is 4.92. The molecule has 4 rings (SSSR count). The molecule has 2 aromatic carbocycles. The number of benzene rings is 2. The first-order valence-corrected chi connectivity index (χ1v) is 10.1. The summed E-state index contributed by atoms with van der Waals surface area (Å²) in [4.78, 5) is 30.4. The number of fused-ring (bicyclic) bond motifs is 1. The molecule has 1 aliphatic heterocycles. The zero-order valence-corrected chi connectivity index (χ0v) is 17.2. The lowest BCUT2D eigenvalue weighted by atomic mass is 10.2. The van der Waals surface area contributed by atoms with Crippen molar-refractivity contribution < 1.29 is 19.1 Å². The van der Waals surface area contributed by atoms with E-state index in [1.165, 1.54) is 5.56 Å². The molecule has 7 nitrogen and oxygen atoms in total. The van der Waals surface area contributed by atoms with Crippen molar-refractivity contribution in [2.75, 3.05) is 30.0 Å². The number of nitrogens with one attached hydrogen (secondary N) is 1. The summed E-state index contributed by atoms with van der Waals surface area (Å²) in [6.07, 6.45) is 3.81. The standard InChI is InChI=1S/C24H23N3O4/c1-17-3-6-20(7-4-17)30-14-2-13-27-21-8-5-19(15-22(21)31-16-23(27)28)26-24(29)18-9-11-25-12-10-18/h3-12,15H,2,13-14,16H2,1H3,(H,26,29). The van der Waals surface area contributed by atoms with Crippen LogP contribution in [-0.2, 0) is 4.79 Å². The van der Waals surface area contributed by atoms with Gasteiger partial charge >= 0.3 is 0 Å². The number of pyridine rings is 1. The van der Waals surface area contributed by atoms with Crippen molar-refractivity contribution in [3.63, 3.8) is 0 Å². The Labute approximate surface area is 180 Å². The third-order valence-corrected chi connectivity index (χ3v) is 4.92. The summed E-state index contributed by atoms with van der Waals surface area (Å²) in [6.45, 7) is 3.02. The van der Waals surface area contributed by atoms with E-state index in [4.69, 9.17) is 9.47 Å². The molecule has 0 radical (unpaired) electrons. The van der Waals surface area contributed by atoms with Crippen LogP contribution >= 0.6 is 0 Å². The molecule has 0 saturated carbocycles. The average Bonchev–Trinajstić information content (AvgIpc) is 2.79. The Balaban J connectivity index is 1.38. The molecule has 7 heteroatoms. The van der Waals surface area contributed by atoms with Gasteiger partial charge in [0.2, 0.25) is 0 Å². The van der Waals surface area contributed by atoms with E-state index in [0.717, 1.165) is 5.75 Å². The van der Waals surface area contributed by atoms with E-state index in [-0.39, 0.29) is 18.4 Å². The maximum Gasteiger partial charge on any atom is 0.265 e. The minimum absolute atomic E-state index is 0.0342. The van der Waals surface area contributed by atoms with Crippen LogP contribution in [0.2, 0.25) is 0 Å². The predicted octanol–water partition coefficient (Wildman–Crippen LogP) is 3.84. The zero-order chi connectivity index (χ0) is 21.6. The van der Waals surface area contributed by atoms with Crippen molar-refractivity contribution >= 4 is 23.2 Å². The van der Waals surface area contributed by atoms with Gasteiger partial charge in [-0.15, -0.1) is 0 Å². The van der Waals surface area contributed by atoms with Gasteiger partial charge in [0.15, 0.2) is 6.61 Å². The van der Waals surface area contributed by atoms with Gasteiger partial charge in [0.1, 0.15) is 11.5 Å². The highest BCUT2D eigenvalue weighted by Gasteiger charge is 2.25. The molecule has 1 aromatic heterocycles. The minimum atomic E-state index is -0.237. The van der Waals surface area contributed by atoms with Gasteiger partial charge in [0.05, 0.1) is 12.3 Å². The van der Waals surface area contributed by atoms with Crippen molar-refractivity contribution in [1.29, 1.82) is 0 Å². The Morgan fingerprint density at radius 3 is 2.68 bits per heavy atom. The second kappa shape index (κ2) is 9.30. The number of ether oxygens (including phenoxy) is 2. The van der Waals surface area contributed by atoms with Crippen LogP contribution in [0.25, 0.3) is 0 Å². The summed E-state index contributed by atoms with van der Waals surface area (Å²) in [5, 5.41) is 2.84. The number of carbonyl (C=O) groups excluding carboxylic acids is 2. The number of aromatic nitrogens is 1. The number of nitrogens with zero attached hydrogens (tertiary/aromatic N) is 2. The van der Waals surface area contributed by atoms with Gasteiger partial charge < -0.3 is 19.7 Å². The van der Waals surface area contributed by atoms with Crippen LogP contribution in [-0.4, -0.2) is 36.6 Å². The van der Waals surface area contributed by atoms with Gasteiger partial charge in [-0.25, -0.2) is 0 Å². The van der Waals surface area contributed by atoms with Gasteiger partial charge in [-0.1, -0.05) is 17.7 Å². The van der Waals surface area contributed by atoms with E-state index in [1.54, 1.807) is 47.6 Å². The molecule has 3 aromatic rings. The first kappa shape index (κ1) is 20.4. The van der Waals surface area contributed by atoms with E-state index in [0.29, 0.717) is 42.3 Å². The van der Waals surface area contributed by atoms with E-state index >= 15 is 0 Å². The number of hydrogen-bond acceptors (Lipinski definition) is 5. The highest BCUT2D eigenvalue weighted by molar-refractivity contribution is 6.05. The van der Waals surface area contributed by atoms with Gasteiger partial charge in [-0.05, 0) is 49.7 Å². The topological polar surface area (TPSA) is 80.8 Å². The fourth-order valence-corrected chi connectivity index (χ4v) is 3.28. The number of rotatable bonds is 7.